The zero-order valence-electron chi connectivity index (χ0n) is 15.4. The second-order valence-corrected chi connectivity index (χ2v) is 6.18. The Hall–Kier alpha value is -3.40. The summed E-state index contributed by atoms with van der Waals surface area (Å²) in [6.45, 7) is 1.85. The van der Waals surface area contributed by atoms with Gasteiger partial charge in [-0.05, 0) is 36.8 Å². The molecule has 0 saturated heterocycles. The lowest BCUT2D eigenvalue weighted by Crippen LogP contribution is -2.31. The van der Waals surface area contributed by atoms with E-state index in [-0.39, 0.29) is 11.7 Å². The van der Waals surface area contributed by atoms with E-state index in [1.54, 1.807) is 42.3 Å². The molecule has 0 aliphatic carbocycles. The molecule has 4 heteroatoms. The van der Waals surface area contributed by atoms with Gasteiger partial charge in [-0.15, -0.1) is 0 Å². The van der Waals surface area contributed by atoms with Crippen LogP contribution >= 0.6 is 0 Å². The number of benzene rings is 3. The van der Waals surface area contributed by atoms with Gasteiger partial charge in [0.15, 0.2) is 5.78 Å². The monoisotopic (exact) mass is 359 g/mol. The van der Waals surface area contributed by atoms with Gasteiger partial charge >= 0.3 is 0 Å². The van der Waals surface area contributed by atoms with Gasteiger partial charge in [-0.25, -0.2) is 0 Å². The van der Waals surface area contributed by atoms with Gasteiger partial charge in [0.05, 0.1) is 19.3 Å². The Morgan fingerprint density at radius 3 is 2.11 bits per heavy atom. The highest BCUT2D eigenvalue weighted by Gasteiger charge is 2.23. The summed E-state index contributed by atoms with van der Waals surface area (Å²) in [5, 5.41) is 0. The molecule has 0 bridgehead atoms. The zero-order chi connectivity index (χ0) is 19.2. The number of anilines is 1. The first-order chi connectivity index (χ1) is 13.1. The molecule has 3 rings (SSSR count). The third-order valence-electron chi connectivity index (χ3n) is 4.32. The number of ether oxygens (including phenoxy) is 1. The van der Waals surface area contributed by atoms with Gasteiger partial charge in [0.2, 0.25) is 0 Å². The van der Waals surface area contributed by atoms with Crippen LogP contribution in [0.25, 0.3) is 0 Å². The third kappa shape index (κ3) is 4.23. The van der Waals surface area contributed by atoms with Crippen molar-refractivity contribution in [1.29, 1.82) is 0 Å². The summed E-state index contributed by atoms with van der Waals surface area (Å²) in [5.41, 5.74) is 2.56. The molecule has 0 aromatic heterocycles. The van der Waals surface area contributed by atoms with Gasteiger partial charge in [0.25, 0.3) is 5.91 Å². The van der Waals surface area contributed by atoms with Crippen molar-refractivity contribution in [2.45, 2.75) is 13.5 Å². The van der Waals surface area contributed by atoms with Crippen LogP contribution in [0.5, 0.6) is 5.75 Å². The van der Waals surface area contributed by atoms with Gasteiger partial charge < -0.3 is 9.64 Å². The summed E-state index contributed by atoms with van der Waals surface area (Å²) in [4.78, 5) is 27.1. The first-order valence-electron chi connectivity index (χ1n) is 8.70. The van der Waals surface area contributed by atoms with Gasteiger partial charge in [0, 0.05) is 17.2 Å². The molecule has 0 unspecified atom stereocenters. The maximum atomic E-state index is 13.3. The van der Waals surface area contributed by atoms with Crippen molar-refractivity contribution in [3.8, 4) is 5.75 Å². The molecular formula is C23H21NO3. The van der Waals surface area contributed by atoms with E-state index in [0.717, 1.165) is 5.56 Å². The van der Waals surface area contributed by atoms with Crippen LogP contribution in [0.15, 0.2) is 78.9 Å². The lowest BCUT2D eigenvalue weighted by Gasteiger charge is -2.25. The fraction of sp³-hybridized carbons (Fsp3) is 0.130. The van der Waals surface area contributed by atoms with Crippen molar-refractivity contribution < 1.29 is 14.3 Å². The average Bonchev–Trinajstić information content (AvgIpc) is 2.72. The Kier molecular flexibility index (Phi) is 5.67. The topological polar surface area (TPSA) is 46.6 Å². The van der Waals surface area contributed by atoms with E-state index in [2.05, 4.69) is 0 Å². The van der Waals surface area contributed by atoms with Gasteiger partial charge in [-0.3, -0.25) is 9.59 Å². The minimum Gasteiger partial charge on any atom is -0.497 e. The molecule has 0 atom stereocenters. The summed E-state index contributed by atoms with van der Waals surface area (Å²) in [6.07, 6.45) is 0. The highest BCUT2D eigenvalue weighted by atomic mass is 16.5. The number of hydrogen-bond donors (Lipinski definition) is 0. The molecule has 0 N–H and O–H groups in total. The van der Waals surface area contributed by atoms with Gasteiger partial charge in [-0.2, -0.15) is 0 Å². The maximum Gasteiger partial charge on any atom is 0.258 e. The molecule has 4 nitrogen and oxygen atoms in total. The molecule has 27 heavy (non-hydrogen) atoms. The standard InChI is InChI=1S/C23H21NO3/c1-17(25)21-14-13-20(27-2)15-22(21)24(16-18-9-5-3-6-10-18)23(26)19-11-7-4-8-12-19/h3-15H,16H2,1-2H3. The molecule has 136 valence electrons. The van der Waals surface area contributed by atoms with Crippen LogP contribution in [0.4, 0.5) is 5.69 Å². The van der Waals surface area contributed by atoms with E-state index in [9.17, 15) is 9.59 Å². The van der Waals surface area contributed by atoms with Crippen molar-refractivity contribution in [3.05, 3.63) is 95.6 Å². The summed E-state index contributed by atoms with van der Waals surface area (Å²) in [7, 11) is 1.56. The highest BCUT2D eigenvalue weighted by molar-refractivity contribution is 6.10. The minimum absolute atomic E-state index is 0.105. The highest BCUT2D eigenvalue weighted by Crippen LogP contribution is 2.29. The fourth-order valence-electron chi connectivity index (χ4n) is 2.93. The van der Waals surface area contributed by atoms with Crippen LogP contribution in [0.3, 0.4) is 0 Å². The van der Waals surface area contributed by atoms with E-state index in [1.807, 2.05) is 48.5 Å². The Balaban J connectivity index is 2.12. The van der Waals surface area contributed by atoms with E-state index in [4.69, 9.17) is 4.74 Å². The molecule has 3 aromatic carbocycles. The van der Waals surface area contributed by atoms with Crippen molar-refractivity contribution in [1.82, 2.24) is 0 Å². The number of nitrogens with zero attached hydrogens (tertiary/aromatic N) is 1. The number of Topliss-reactive ketones (excluding diaryl/α,β-unsaturated/α-hetero) is 1. The summed E-state index contributed by atoms with van der Waals surface area (Å²) < 4.78 is 5.33. The Labute approximate surface area is 159 Å². The van der Waals surface area contributed by atoms with Crippen LogP contribution in [0.2, 0.25) is 0 Å². The molecule has 0 heterocycles. The number of rotatable bonds is 6. The summed E-state index contributed by atoms with van der Waals surface area (Å²) >= 11 is 0. The molecular weight excluding hydrogens is 338 g/mol. The number of ketones is 1. The first-order valence-corrected chi connectivity index (χ1v) is 8.70. The van der Waals surface area contributed by atoms with E-state index in [0.29, 0.717) is 29.1 Å². The SMILES string of the molecule is COc1ccc(C(C)=O)c(N(Cc2ccccc2)C(=O)c2ccccc2)c1. The predicted octanol–water partition coefficient (Wildman–Crippen LogP) is 4.74. The van der Waals surface area contributed by atoms with E-state index < -0.39 is 0 Å². The lowest BCUT2D eigenvalue weighted by atomic mass is 10.1. The molecule has 0 aliphatic heterocycles. The minimum atomic E-state index is -0.171. The van der Waals surface area contributed by atoms with Crippen molar-refractivity contribution in [2.75, 3.05) is 12.0 Å². The average molecular weight is 359 g/mol. The van der Waals surface area contributed by atoms with Gasteiger partial charge in [0.1, 0.15) is 5.75 Å². The second kappa shape index (κ2) is 8.32. The van der Waals surface area contributed by atoms with Crippen molar-refractivity contribution >= 4 is 17.4 Å². The molecule has 3 aromatic rings. The quantitative estimate of drug-likeness (QED) is 0.597. The third-order valence-corrected chi connectivity index (χ3v) is 4.32. The number of carbonyl (C=O) groups excluding carboxylic acids is 2. The maximum absolute atomic E-state index is 13.3. The molecule has 0 fully saturated rings. The van der Waals surface area contributed by atoms with Crippen LogP contribution in [-0.2, 0) is 6.54 Å². The van der Waals surface area contributed by atoms with Gasteiger partial charge in [-0.1, -0.05) is 48.5 Å². The molecule has 0 aliphatic rings. The fourth-order valence-corrected chi connectivity index (χ4v) is 2.93. The van der Waals surface area contributed by atoms with Crippen molar-refractivity contribution in [2.24, 2.45) is 0 Å². The van der Waals surface area contributed by atoms with Crippen molar-refractivity contribution in [3.63, 3.8) is 0 Å². The van der Waals surface area contributed by atoms with E-state index >= 15 is 0 Å². The molecule has 0 spiro atoms. The Morgan fingerprint density at radius 2 is 1.52 bits per heavy atom. The summed E-state index contributed by atoms with van der Waals surface area (Å²) in [5.74, 6) is 0.315. The Morgan fingerprint density at radius 1 is 0.889 bits per heavy atom. The molecule has 1 amide bonds. The molecule has 0 saturated carbocycles. The number of hydrogen-bond acceptors (Lipinski definition) is 3. The molecule has 0 radical (unpaired) electrons. The summed E-state index contributed by atoms with van der Waals surface area (Å²) in [6, 6.07) is 23.9. The predicted molar refractivity (Wildman–Crippen MR) is 106 cm³/mol. The second-order valence-electron chi connectivity index (χ2n) is 6.18. The van der Waals surface area contributed by atoms with E-state index in [1.165, 1.54) is 6.92 Å². The number of methoxy groups -OCH3 is 1. The largest absolute Gasteiger partial charge is 0.497 e. The van der Waals surface area contributed by atoms with Crippen LogP contribution in [0, 0.1) is 0 Å². The zero-order valence-corrected chi connectivity index (χ0v) is 15.4. The van der Waals surface area contributed by atoms with Crippen LogP contribution in [0.1, 0.15) is 33.2 Å². The normalized spacial score (nSPS) is 10.3. The number of amides is 1. The Bertz CT molecular complexity index is 936. The number of carbonyl (C=O) groups is 2. The smallest absolute Gasteiger partial charge is 0.258 e. The van der Waals surface area contributed by atoms with Crippen LogP contribution < -0.4 is 9.64 Å². The van der Waals surface area contributed by atoms with Crippen LogP contribution in [-0.4, -0.2) is 18.8 Å². The lowest BCUT2D eigenvalue weighted by molar-refractivity contribution is 0.0985. The first kappa shape index (κ1) is 18.4.